The average molecular weight is 309 g/mol. The Kier molecular flexibility index (Phi) is 5.32. The fraction of sp³-hybridized carbons (Fsp3) is 0.389. The van der Waals surface area contributed by atoms with Crippen LogP contribution in [0.3, 0.4) is 0 Å². The van der Waals surface area contributed by atoms with E-state index in [0.29, 0.717) is 6.04 Å². The van der Waals surface area contributed by atoms with Gasteiger partial charge in [-0.1, -0.05) is 18.6 Å². The molecule has 1 atom stereocenters. The zero-order chi connectivity index (χ0) is 15.9. The van der Waals surface area contributed by atoms with Crippen molar-refractivity contribution in [2.24, 2.45) is 0 Å². The molecule has 0 fully saturated rings. The van der Waals surface area contributed by atoms with E-state index in [-0.39, 0.29) is 0 Å². The van der Waals surface area contributed by atoms with Crippen molar-refractivity contribution >= 4 is 10.8 Å². The molecular formula is C18H23N5. The number of rotatable bonds is 8. The fourth-order valence-corrected chi connectivity index (χ4v) is 2.74. The molecule has 0 bridgehead atoms. The summed E-state index contributed by atoms with van der Waals surface area (Å²) in [6, 6.07) is 9.13. The summed E-state index contributed by atoms with van der Waals surface area (Å²) in [6.45, 7) is 3.16. The summed E-state index contributed by atoms with van der Waals surface area (Å²) in [4.78, 5) is 4.15. The van der Waals surface area contributed by atoms with E-state index in [1.165, 1.54) is 29.2 Å². The maximum Gasteiger partial charge on any atom is 0.0824 e. The molecule has 5 nitrogen and oxygen atoms in total. The first-order valence-corrected chi connectivity index (χ1v) is 8.22. The number of hydrogen-bond acceptors (Lipinski definition) is 4. The summed E-state index contributed by atoms with van der Waals surface area (Å²) in [7, 11) is 0. The molecule has 3 aromatic rings. The van der Waals surface area contributed by atoms with Crippen LogP contribution < -0.4 is 5.32 Å². The van der Waals surface area contributed by atoms with Gasteiger partial charge < -0.3 is 5.32 Å². The van der Waals surface area contributed by atoms with Crippen LogP contribution in [0, 0.1) is 0 Å². The van der Waals surface area contributed by atoms with Crippen molar-refractivity contribution in [3.05, 3.63) is 54.1 Å². The highest BCUT2D eigenvalue weighted by Crippen LogP contribution is 2.14. The number of benzene rings is 1. The number of hydrogen-bond donors (Lipinski definition) is 2. The molecule has 0 spiro atoms. The van der Waals surface area contributed by atoms with E-state index in [2.05, 4.69) is 56.9 Å². The average Bonchev–Trinajstić information content (AvgIpc) is 3.10. The van der Waals surface area contributed by atoms with Gasteiger partial charge in [-0.25, -0.2) is 0 Å². The molecule has 0 unspecified atom stereocenters. The summed E-state index contributed by atoms with van der Waals surface area (Å²) in [5, 5.41) is 16.6. The van der Waals surface area contributed by atoms with Crippen molar-refractivity contribution in [2.45, 2.75) is 45.2 Å². The number of H-pyrrole nitrogens is 1. The number of aromatic amines is 1. The van der Waals surface area contributed by atoms with Gasteiger partial charge in [-0.15, -0.1) is 0 Å². The molecule has 0 radical (unpaired) electrons. The van der Waals surface area contributed by atoms with Crippen molar-refractivity contribution in [3.8, 4) is 0 Å². The summed E-state index contributed by atoms with van der Waals surface area (Å²) < 4.78 is 0. The Balaban J connectivity index is 1.40. The Bertz CT molecular complexity index is 723. The van der Waals surface area contributed by atoms with Crippen molar-refractivity contribution < 1.29 is 0 Å². The molecule has 2 aromatic heterocycles. The molecule has 0 aliphatic rings. The van der Waals surface area contributed by atoms with Gasteiger partial charge in [0, 0.05) is 30.4 Å². The molecule has 5 heteroatoms. The van der Waals surface area contributed by atoms with Gasteiger partial charge >= 0.3 is 0 Å². The summed E-state index contributed by atoms with van der Waals surface area (Å²) in [5.74, 6) is 0. The van der Waals surface area contributed by atoms with Crippen LogP contribution in [-0.4, -0.2) is 26.4 Å². The smallest absolute Gasteiger partial charge is 0.0824 e. The zero-order valence-electron chi connectivity index (χ0n) is 13.5. The minimum atomic E-state index is 0.514. The fourth-order valence-electron chi connectivity index (χ4n) is 2.74. The summed E-state index contributed by atoms with van der Waals surface area (Å²) in [5.41, 5.74) is 2.37. The van der Waals surface area contributed by atoms with E-state index in [1.54, 1.807) is 6.20 Å². The summed E-state index contributed by atoms with van der Waals surface area (Å²) in [6.07, 6.45) is 10.1. The third-order valence-corrected chi connectivity index (χ3v) is 4.14. The second kappa shape index (κ2) is 7.83. The SMILES string of the molecule is C[C@H](CCCCc1cn[nH]n1)NCc1ccc2cnccc2c1. The van der Waals surface area contributed by atoms with Crippen molar-refractivity contribution in [1.82, 2.24) is 25.7 Å². The predicted octanol–water partition coefficient (Wildman–Crippen LogP) is 3.24. The van der Waals surface area contributed by atoms with E-state index in [1.807, 2.05) is 12.4 Å². The molecule has 23 heavy (non-hydrogen) atoms. The maximum absolute atomic E-state index is 4.15. The molecule has 0 aliphatic heterocycles. The molecule has 0 amide bonds. The largest absolute Gasteiger partial charge is 0.310 e. The quantitative estimate of drug-likeness (QED) is 0.627. The molecule has 120 valence electrons. The maximum atomic E-state index is 4.15. The second-order valence-electron chi connectivity index (χ2n) is 6.05. The van der Waals surface area contributed by atoms with Gasteiger partial charge in [-0.05, 0) is 49.3 Å². The summed E-state index contributed by atoms with van der Waals surface area (Å²) >= 11 is 0. The van der Waals surface area contributed by atoms with Gasteiger partial charge in [-0.3, -0.25) is 4.98 Å². The topological polar surface area (TPSA) is 66.5 Å². The highest BCUT2D eigenvalue weighted by Gasteiger charge is 2.03. The number of pyridine rings is 1. The lowest BCUT2D eigenvalue weighted by Crippen LogP contribution is -2.25. The lowest BCUT2D eigenvalue weighted by molar-refractivity contribution is 0.488. The van der Waals surface area contributed by atoms with Crippen LogP contribution in [0.1, 0.15) is 37.4 Å². The van der Waals surface area contributed by atoms with Crippen LogP contribution in [0.2, 0.25) is 0 Å². The van der Waals surface area contributed by atoms with Crippen LogP contribution >= 0.6 is 0 Å². The molecule has 0 aliphatic carbocycles. The Labute approximate surface area is 136 Å². The normalized spacial score (nSPS) is 12.6. The molecule has 2 N–H and O–H groups in total. The predicted molar refractivity (Wildman–Crippen MR) is 92.0 cm³/mol. The highest BCUT2D eigenvalue weighted by atomic mass is 15.3. The van der Waals surface area contributed by atoms with E-state index in [9.17, 15) is 0 Å². The Morgan fingerprint density at radius 2 is 2.09 bits per heavy atom. The van der Waals surface area contributed by atoms with Crippen LogP contribution in [-0.2, 0) is 13.0 Å². The van der Waals surface area contributed by atoms with Crippen LogP contribution in [0.4, 0.5) is 0 Å². The monoisotopic (exact) mass is 309 g/mol. The Hall–Kier alpha value is -2.27. The van der Waals surface area contributed by atoms with E-state index < -0.39 is 0 Å². The van der Waals surface area contributed by atoms with Gasteiger partial charge in [0.05, 0.1) is 11.9 Å². The lowest BCUT2D eigenvalue weighted by Gasteiger charge is -2.14. The molecule has 0 saturated carbocycles. The van der Waals surface area contributed by atoms with Gasteiger partial charge in [0.25, 0.3) is 0 Å². The lowest BCUT2D eigenvalue weighted by atomic mass is 10.1. The van der Waals surface area contributed by atoms with Crippen LogP contribution in [0.25, 0.3) is 10.8 Å². The Morgan fingerprint density at radius 1 is 1.13 bits per heavy atom. The number of nitrogens with one attached hydrogen (secondary N) is 2. The van der Waals surface area contributed by atoms with E-state index >= 15 is 0 Å². The molecule has 3 rings (SSSR count). The minimum Gasteiger partial charge on any atom is -0.310 e. The second-order valence-corrected chi connectivity index (χ2v) is 6.05. The van der Waals surface area contributed by atoms with E-state index in [0.717, 1.165) is 25.1 Å². The third-order valence-electron chi connectivity index (χ3n) is 4.14. The van der Waals surface area contributed by atoms with Crippen molar-refractivity contribution in [1.29, 1.82) is 0 Å². The van der Waals surface area contributed by atoms with Crippen molar-refractivity contribution in [2.75, 3.05) is 0 Å². The number of aromatic nitrogens is 4. The van der Waals surface area contributed by atoms with Crippen molar-refractivity contribution in [3.63, 3.8) is 0 Å². The van der Waals surface area contributed by atoms with Gasteiger partial charge in [0.15, 0.2) is 0 Å². The number of unbranched alkanes of at least 4 members (excludes halogenated alkanes) is 1. The first-order chi connectivity index (χ1) is 11.3. The number of aryl methyl sites for hydroxylation is 1. The van der Waals surface area contributed by atoms with Gasteiger partial charge in [-0.2, -0.15) is 15.4 Å². The highest BCUT2D eigenvalue weighted by molar-refractivity contribution is 5.81. The molecule has 2 heterocycles. The van der Waals surface area contributed by atoms with Crippen LogP contribution in [0.15, 0.2) is 42.9 Å². The van der Waals surface area contributed by atoms with Gasteiger partial charge in [0.2, 0.25) is 0 Å². The van der Waals surface area contributed by atoms with Gasteiger partial charge in [0.1, 0.15) is 0 Å². The Morgan fingerprint density at radius 3 is 2.96 bits per heavy atom. The molecular weight excluding hydrogens is 286 g/mol. The minimum absolute atomic E-state index is 0.514. The molecule has 0 saturated heterocycles. The third kappa shape index (κ3) is 4.60. The van der Waals surface area contributed by atoms with E-state index in [4.69, 9.17) is 0 Å². The molecule has 1 aromatic carbocycles. The number of nitrogens with zero attached hydrogens (tertiary/aromatic N) is 3. The first kappa shape index (κ1) is 15.6. The standard InChI is InChI=1S/C18H23N5/c1-14(4-2-3-5-18-13-21-23-22-18)20-11-15-6-7-17-12-19-9-8-16(17)10-15/h6-10,12-14,20H,2-5,11H2,1H3,(H,21,22,23)/t14-/m1/s1. The number of fused-ring (bicyclic) bond motifs is 1. The zero-order valence-corrected chi connectivity index (χ0v) is 13.5. The van der Waals surface area contributed by atoms with Crippen LogP contribution in [0.5, 0.6) is 0 Å². The first-order valence-electron chi connectivity index (χ1n) is 8.22.